The number of rotatable bonds is 3. The first-order chi connectivity index (χ1) is 8.20. The van der Waals surface area contributed by atoms with Gasteiger partial charge in [0.05, 0.1) is 5.69 Å². The summed E-state index contributed by atoms with van der Waals surface area (Å²) in [5.74, 6) is 0. The van der Waals surface area contributed by atoms with Crippen LogP contribution in [0.25, 0.3) is 0 Å². The zero-order chi connectivity index (χ0) is 12.3. The standard InChI is InChI=1S/C13H22N4/c1-11-9-17(7-6-16(11)2)10-12-4-3-5-15-13(12)8-14/h3-5,11H,6-10,14H2,1-2H3. The largest absolute Gasteiger partial charge is 0.325 e. The fourth-order valence-corrected chi connectivity index (χ4v) is 2.31. The van der Waals surface area contributed by atoms with Crippen LogP contribution >= 0.6 is 0 Å². The molecule has 4 nitrogen and oxygen atoms in total. The normalized spacial score (nSPS) is 22.9. The van der Waals surface area contributed by atoms with Gasteiger partial charge in [0, 0.05) is 45.0 Å². The lowest BCUT2D eigenvalue weighted by atomic mass is 10.1. The highest BCUT2D eigenvalue weighted by atomic mass is 15.3. The van der Waals surface area contributed by atoms with Gasteiger partial charge in [0.25, 0.3) is 0 Å². The zero-order valence-electron chi connectivity index (χ0n) is 10.8. The molecule has 0 aliphatic carbocycles. The molecule has 4 heteroatoms. The summed E-state index contributed by atoms with van der Waals surface area (Å²) in [5, 5.41) is 0. The third-order valence-corrected chi connectivity index (χ3v) is 3.62. The molecule has 0 amide bonds. The molecule has 1 atom stereocenters. The van der Waals surface area contributed by atoms with Crippen LogP contribution in [0.5, 0.6) is 0 Å². The van der Waals surface area contributed by atoms with Crippen LogP contribution in [0.15, 0.2) is 18.3 Å². The van der Waals surface area contributed by atoms with Gasteiger partial charge >= 0.3 is 0 Å². The van der Waals surface area contributed by atoms with Crippen molar-refractivity contribution < 1.29 is 0 Å². The first-order valence-corrected chi connectivity index (χ1v) is 6.26. The van der Waals surface area contributed by atoms with Crippen molar-refractivity contribution in [3.05, 3.63) is 29.6 Å². The monoisotopic (exact) mass is 234 g/mol. The van der Waals surface area contributed by atoms with Crippen LogP contribution < -0.4 is 5.73 Å². The van der Waals surface area contributed by atoms with Crippen molar-refractivity contribution in [2.75, 3.05) is 26.7 Å². The van der Waals surface area contributed by atoms with Gasteiger partial charge in [-0.15, -0.1) is 0 Å². The van der Waals surface area contributed by atoms with E-state index >= 15 is 0 Å². The third kappa shape index (κ3) is 3.03. The van der Waals surface area contributed by atoms with Gasteiger partial charge in [0.15, 0.2) is 0 Å². The van der Waals surface area contributed by atoms with Gasteiger partial charge in [-0.2, -0.15) is 0 Å². The number of hydrogen-bond donors (Lipinski definition) is 1. The molecular formula is C13H22N4. The van der Waals surface area contributed by atoms with E-state index in [4.69, 9.17) is 5.73 Å². The molecule has 1 aliphatic rings. The fraction of sp³-hybridized carbons (Fsp3) is 0.615. The Kier molecular flexibility index (Phi) is 4.10. The molecule has 0 bridgehead atoms. The summed E-state index contributed by atoms with van der Waals surface area (Å²) >= 11 is 0. The van der Waals surface area contributed by atoms with Gasteiger partial charge < -0.3 is 10.6 Å². The van der Waals surface area contributed by atoms with Crippen molar-refractivity contribution in [1.82, 2.24) is 14.8 Å². The van der Waals surface area contributed by atoms with Crippen molar-refractivity contribution in [3.63, 3.8) is 0 Å². The van der Waals surface area contributed by atoms with E-state index in [-0.39, 0.29) is 0 Å². The van der Waals surface area contributed by atoms with Gasteiger partial charge in [-0.3, -0.25) is 9.88 Å². The molecule has 2 N–H and O–H groups in total. The first kappa shape index (κ1) is 12.5. The Morgan fingerprint density at radius 3 is 3.00 bits per heavy atom. The molecule has 1 aromatic rings. The quantitative estimate of drug-likeness (QED) is 0.835. The lowest BCUT2D eigenvalue weighted by Crippen LogP contribution is -2.49. The molecule has 1 aliphatic heterocycles. The van der Waals surface area contributed by atoms with E-state index in [1.165, 1.54) is 5.56 Å². The van der Waals surface area contributed by atoms with E-state index < -0.39 is 0 Å². The molecular weight excluding hydrogens is 212 g/mol. The lowest BCUT2D eigenvalue weighted by molar-refractivity contribution is 0.0997. The van der Waals surface area contributed by atoms with Crippen molar-refractivity contribution in [3.8, 4) is 0 Å². The minimum absolute atomic E-state index is 0.527. The third-order valence-electron chi connectivity index (χ3n) is 3.62. The average Bonchev–Trinajstić information content (AvgIpc) is 2.34. The van der Waals surface area contributed by atoms with Crippen molar-refractivity contribution in [2.45, 2.75) is 26.1 Å². The Balaban J connectivity index is 2.01. The summed E-state index contributed by atoms with van der Waals surface area (Å²) in [4.78, 5) is 9.23. The highest BCUT2D eigenvalue weighted by molar-refractivity contribution is 5.19. The van der Waals surface area contributed by atoms with Crippen LogP contribution in [-0.4, -0.2) is 47.5 Å². The molecule has 2 rings (SSSR count). The summed E-state index contributed by atoms with van der Waals surface area (Å²) in [6, 6.07) is 4.76. The maximum Gasteiger partial charge on any atom is 0.0584 e. The maximum absolute atomic E-state index is 5.72. The molecule has 0 radical (unpaired) electrons. The van der Waals surface area contributed by atoms with Crippen LogP contribution in [0.1, 0.15) is 18.2 Å². The predicted molar refractivity (Wildman–Crippen MR) is 69.5 cm³/mol. The Labute approximate surface area is 103 Å². The van der Waals surface area contributed by atoms with Gasteiger partial charge in [-0.1, -0.05) is 6.07 Å². The topological polar surface area (TPSA) is 45.4 Å². The second-order valence-corrected chi connectivity index (χ2v) is 4.88. The molecule has 17 heavy (non-hydrogen) atoms. The summed E-state index contributed by atoms with van der Waals surface area (Å²) in [6.45, 7) is 7.16. The van der Waals surface area contributed by atoms with Gasteiger partial charge in [0.1, 0.15) is 0 Å². The smallest absolute Gasteiger partial charge is 0.0584 e. The van der Waals surface area contributed by atoms with E-state index in [1.54, 1.807) is 0 Å². The summed E-state index contributed by atoms with van der Waals surface area (Å²) < 4.78 is 0. The minimum atomic E-state index is 0.527. The molecule has 0 spiro atoms. The minimum Gasteiger partial charge on any atom is -0.325 e. The summed E-state index contributed by atoms with van der Waals surface area (Å²) in [7, 11) is 2.19. The van der Waals surface area contributed by atoms with E-state index in [9.17, 15) is 0 Å². The van der Waals surface area contributed by atoms with Crippen LogP contribution in [0.4, 0.5) is 0 Å². The molecule has 1 fully saturated rings. The molecule has 1 saturated heterocycles. The SMILES string of the molecule is CC1CN(Cc2cccnc2CN)CCN1C. The number of likely N-dealkylation sites (N-methyl/N-ethyl adjacent to an activating group) is 1. The first-order valence-electron chi connectivity index (χ1n) is 6.26. The van der Waals surface area contributed by atoms with Crippen molar-refractivity contribution in [1.29, 1.82) is 0 Å². The van der Waals surface area contributed by atoms with E-state index in [2.05, 4.69) is 34.8 Å². The Morgan fingerprint density at radius 2 is 2.29 bits per heavy atom. The molecule has 0 aromatic carbocycles. The number of piperazine rings is 1. The van der Waals surface area contributed by atoms with Gasteiger partial charge in [0.2, 0.25) is 0 Å². The average molecular weight is 234 g/mol. The number of hydrogen-bond acceptors (Lipinski definition) is 4. The highest BCUT2D eigenvalue weighted by Crippen LogP contribution is 2.13. The maximum atomic E-state index is 5.72. The second-order valence-electron chi connectivity index (χ2n) is 4.88. The van der Waals surface area contributed by atoms with Gasteiger partial charge in [-0.05, 0) is 25.6 Å². The number of pyridine rings is 1. The van der Waals surface area contributed by atoms with Crippen LogP contribution in [0.2, 0.25) is 0 Å². The summed E-state index contributed by atoms with van der Waals surface area (Å²) in [6.07, 6.45) is 1.82. The molecule has 94 valence electrons. The Hall–Kier alpha value is -0.970. The molecule has 2 heterocycles. The lowest BCUT2D eigenvalue weighted by Gasteiger charge is -2.37. The number of aromatic nitrogens is 1. The molecule has 0 saturated carbocycles. The highest BCUT2D eigenvalue weighted by Gasteiger charge is 2.20. The van der Waals surface area contributed by atoms with Crippen LogP contribution in [0, 0.1) is 0 Å². The van der Waals surface area contributed by atoms with Crippen LogP contribution in [0.3, 0.4) is 0 Å². The number of nitrogens with two attached hydrogens (primary N) is 1. The second kappa shape index (κ2) is 5.58. The fourth-order valence-electron chi connectivity index (χ4n) is 2.31. The zero-order valence-corrected chi connectivity index (χ0v) is 10.8. The molecule has 1 aromatic heterocycles. The Bertz CT molecular complexity index is 366. The summed E-state index contributed by atoms with van der Waals surface area (Å²) in [5.41, 5.74) is 8.01. The van der Waals surface area contributed by atoms with Gasteiger partial charge in [-0.25, -0.2) is 0 Å². The van der Waals surface area contributed by atoms with E-state index in [0.29, 0.717) is 12.6 Å². The predicted octanol–water partition coefficient (Wildman–Crippen LogP) is 0.676. The Morgan fingerprint density at radius 1 is 1.47 bits per heavy atom. The van der Waals surface area contributed by atoms with E-state index in [1.807, 2.05) is 12.3 Å². The van der Waals surface area contributed by atoms with E-state index in [0.717, 1.165) is 31.9 Å². The van der Waals surface area contributed by atoms with Crippen molar-refractivity contribution >= 4 is 0 Å². The van der Waals surface area contributed by atoms with Crippen LogP contribution in [-0.2, 0) is 13.1 Å². The van der Waals surface area contributed by atoms with Crippen molar-refractivity contribution in [2.24, 2.45) is 5.73 Å². The number of nitrogens with zero attached hydrogens (tertiary/aromatic N) is 3. The molecule has 1 unspecified atom stereocenters.